The van der Waals surface area contributed by atoms with Gasteiger partial charge < -0.3 is 20.5 Å². The van der Waals surface area contributed by atoms with Gasteiger partial charge in [-0.15, -0.1) is 0 Å². The van der Waals surface area contributed by atoms with Crippen LogP contribution in [0.3, 0.4) is 0 Å². The van der Waals surface area contributed by atoms with Crippen molar-refractivity contribution in [2.75, 3.05) is 37.5 Å². The predicted octanol–water partition coefficient (Wildman–Crippen LogP) is 2.74. The van der Waals surface area contributed by atoms with Crippen LogP contribution >= 0.6 is 0 Å². The lowest BCUT2D eigenvalue weighted by atomic mass is 10.1. The molecule has 118 valence electrons. The summed E-state index contributed by atoms with van der Waals surface area (Å²) in [5.74, 6) is -0.0190. The first-order chi connectivity index (χ1) is 10.1. The fraction of sp³-hybridized carbons (Fsp3) is 0.562. The highest BCUT2D eigenvalue weighted by atomic mass is 16.5. The number of aryl methyl sites for hydroxylation is 1. The summed E-state index contributed by atoms with van der Waals surface area (Å²) < 4.78 is 10.7. The molecule has 0 aliphatic carbocycles. The van der Waals surface area contributed by atoms with Gasteiger partial charge in [-0.3, -0.25) is 4.79 Å². The van der Waals surface area contributed by atoms with E-state index in [-0.39, 0.29) is 5.91 Å². The summed E-state index contributed by atoms with van der Waals surface area (Å²) >= 11 is 0. The van der Waals surface area contributed by atoms with Crippen molar-refractivity contribution < 1.29 is 14.3 Å². The van der Waals surface area contributed by atoms with Crippen molar-refractivity contribution in [1.29, 1.82) is 0 Å². The van der Waals surface area contributed by atoms with Crippen LogP contribution in [-0.4, -0.2) is 32.3 Å². The molecule has 1 aromatic rings. The van der Waals surface area contributed by atoms with Crippen molar-refractivity contribution >= 4 is 17.3 Å². The highest BCUT2D eigenvalue weighted by Gasteiger charge is 2.05. The monoisotopic (exact) mass is 294 g/mol. The van der Waals surface area contributed by atoms with E-state index in [4.69, 9.17) is 15.2 Å². The number of rotatable bonds is 10. The smallest absolute Gasteiger partial charge is 0.224 e. The molecule has 1 rings (SSSR count). The number of amides is 1. The normalized spacial score (nSPS) is 10.6. The molecule has 0 spiro atoms. The zero-order chi connectivity index (χ0) is 15.5. The fourth-order valence-electron chi connectivity index (χ4n) is 1.79. The lowest BCUT2D eigenvalue weighted by molar-refractivity contribution is -0.116. The minimum Gasteiger partial charge on any atom is -0.399 e. The van der Waals surface area contributed by atoms with Gasteiger partial charge in [-0.1, -0.05) is 13.0 Å². The van der Waals surface area contributed by atoms with E-state index in [1.807, 2.05) is 19.1 Å². The van der Waals surface area contributed by atoms with Crippen molar-refractivity contribution in [2.24, 2.45) is 0 Å². The van der Waals surface area contributed by atoms with E-state index >= 15 is 0 Å². The number of carbonyl (C=O) groups excluding carboxylic acids is 1. The molecule has 1 aromatic carbocycles. The molecule has 0 heterocycles. The Bertz CT molecular complexity index is 436. The summed E-state index contributed by atoms with van der Waals surface area (Å²) in [5, 5.41) is 2.87. The summed E-state index contributed by atoms with van der Waals surface area (Å²) in [6.07, 6.45) is 2.15. The lowest BCUT2D eigenvalue weighted by Gasteiger charge is -2.09. The third kappa shape index (κ3) is 7.68. The fourth-order valence-corrected chi connectivity index (χ4v) is 1.79. The van der Waals surface area contributed by atoms with E-state index in [1.54, 1.807) is 6.07 Å². The van der Waals surface area contributed by atoms with Gasteiger partial charge in [-0.25, -0.2) is 0 Å². The Labute approximate surface area is 126 Å². The van der Waals surface area contributed by atoms with Crippen LogP contribution in [0.5, 0.6) is 0 Å². The van der Waals surface area contributed by atoms with Gasteiger partial charge in [0.05, 0.1) is 13.2 Å². The number of nitrogens with two attached hydrogens (primary N) is 1. The van der Waals surface area contributed by atoms with Crippen LogP contribution in [0, 0.1) is 6.92 Å². The molecule has 1 amide bonds. The summed E-state index contributed by atoms with van der Waals surface area (Å²) in [7, 11) is 0. The van der Waals surface area contributed by atoms with E-state index in [0.29, 0.717) is 38.3 Å². The molecule has 0 atom stereocenters. The largest absolute Gasteiger partial charge is 0.399 e. The summed E-state index contributed by atoms with van der Waals surface area (Å²) in [6, 6.07) is 5.48. The van der Waals surface area contributed by atoms with Gasteiger partial charge in [-0.2, -0.15) is 0 Å². The first kappa shape index (κ1) is 17.5. The van der Waals surface area contributed by atoms with Crippen LogP contribution in [-0.2, 0) is 14.3 Å². The molecule has 0 unspecified atom stereocenters. The molecular weight excluding hydrogens is 268 g/mol. The van der Waals surface area contributed by atoms with Crippen LogP contribution in [0.1, 0.15) is 31.7 Å². The van der Waals surface area contributed by atoms with Crippen molar-refractivity contribution in [3.8, 4) is 0 Å². The van der Waals surface area contributed by atoms with Crippen molar-refractivity contribution in [2.45, 2.75) is 33.1 Å². The predicted molar refractivity (Wildman–Crippen MR) is 85.4 cm³/mol. The number of carbonyl (C=O) groups is 1. The Morgan fingerprint density at radius 3 is 2.62 bits per heavy atom. The Kier molecular flexibility index (Phi) is 8.47. The summed E-state index contributed by atoms with van der Waals surface area (Å²) in [6.45, 7) is 6.54. The maximum atomic E-state index is 11.8. The molecule has 0 saturated heterocycles. The second-order valence-corrected chi connectivity index (χ2v) is 4.95. The number of hydrogen-bond donors (Lipinski definition) is 2. The Morgan fingerprint density at radius 1 is 1.19 bits per heavy atom. The third-order valence-corrected chi connectivity index (χ3v) is 2.95. The Morgan fingerprint density at radius 2 is 1.90 bits per heavy atom. The van der Waals surface area contributed by atoms with E-state index in [9.17, 15) is 4.79 Å². The zero-order valence-electron chi connectivity index (χ0n) is 13.0. The van der Waals surface area contributed by atoms with Gasteiger partial charge in [-0.05, 0) is 37.5 Å². The molecule has 5 nitrogen and oxygen atoms in total. The topological polar surface area (TPSA) is 73.6 Å². The van der Waals surface area contributed by atoms with Gasteiger partial charge in [0.15, 0.2) is 0 Å². The Hall–Kier alpha value is -1.59. The number of benzene rings is 1. The van der Waals surface area contributed by atoms with Crippen molar-refractivity contribution in [3.05, 3.63) is 23.8 Å². The SMILES string of the molecule is CCCOCCOCCCC(=O)Nc1cc(N)ccc1C. The van der Waals surface area contributed by atoms with Crippen molar-refractivity contribution in [1.82, 2.24) is 0 Å². The van der Waals surface area contributed by atoms with Gasteiger partial charge >= 0.3 is 0 Å². The molecular formula is C16H26N2O3. The quantitative estimate of drug-likeness (QED) is 0.514. The number of anilines is 2. The second kappa shape index (κ2) is 10.2. The average Bonchev–Trinajstić information content (AvgIpc) is 2.46. The number of ether oxygens (including phenoxy) is 2. The maximum Gasteiger partial charge on any atom is 0.224 e. The van der Waals surface area contributed by atoms with E-state index in [2.05, 4.69) is 12.2 Å². The molecule has 21 heavy (non-hydrogen) atoms. The third-order valence-electron chi connectivity index (χ3n) is 2.95. The Balaban J connectivity index is 2.13. The van der Waals surface area contributed by atoms with Crippen LogP contribution < -0.4 is 11.1 Å². The standard InChI is InChI=1S/C16H26N2O3/c1-3-8-20-10-11-21-9-4-5-16(19)18-15-12-14(17)7-6-13(15)2/h6-7,12H,3-5,8-11,17H2,1-2H3,(H,18,19). The molecule has 0 saturated carbocycles. The van der Waals surface area contributed by atoms with E-state index in [0.717, 1.165) is 24.3 Å². The molecule has 0 aromatic heterocycles. The van der Waals surface area contributed by atoms with Crippen LogP contribution in [0.15, 0.2) is 18.2 Å². The molecule has 0 bridgehead atoms. The van der Waals surface area contributed by atoms with Crippen LogP contribution in [0.4, 0.5) is 11.4 Å². The van der Waals surface area contributed by atoms with Crippen LogP contribution in [0.2, 0.25) is 0 Å². The average molecular weight is 294 g/mol. The van der Waals surface area contributed by atoms with Gasteiger partial charge in [0.25, 0.3) is 0 Å². The minimum atomic E-state index is -0.0190. The van der Waals surface area contributed by atoms with Gasteiger partial charge in [0, 0.05) is 31.0 Å². The van der Waals surface area contributed by atoms with Gasteiger partial charge in [0.2, 0.25) is 5.91 Å². The highest BCUT2D eigenvalue weighted by molar-refractivity contribution is 5.91. The summed E-state index contributed by atoms with van der Waals surface area (Å²) in [4.78, 5) is 11.8. The highest BCUT2D eigenvalue weighted by Crippen LogP contribution is 2.18. The number of nitrogens with one attached hydrogen (secondary N) is 1. The minimum absolute atomic E-state index is 0.0190. The lowest BCUT2D eigenvalue weighted by Crippen LogP contribution is -2.14. The molecule has 0 fully saturated rings. The van der Waals surface area contributed by atoms with Crippen molar-refractivity contribution in [3.63, 3.8) is 0 Å². The summed E-state index contributed by atoms with van der Waals surface area (Å²) in [5.41, 5.74) is 8.13. The first-order valence-corrected chi connectivity index (χ1v) is 7.45. The molecule has 5 heteroatoms. The second-order valence-electron chi connectivity index (χ2n) is 4.95. The van der Waals surface area contributed by atoms with Gasteiger partial charge in [0.1, 0.15) is 0 Å². The zero-order valence-corrected chi connectivity index (χ0v) is 13.0. The molecule has 0 aliphatic heterocycles. The molecule has 0 radical (unpaired) electrons. The van der Waals surface area contributed by atoms with Crippen LogP contribution in [0.25, 0.3) is 0 Å². The maximum absolute atomic E-state index is 11.8. The molecule has 3 N–H and O–H groups in total. The van der Waals surface area contributed by atoms with E-state index in [1.165, 1.54) is 0 Å². The van der Waals surface area contributed by atoms with E-state index < -0.39 is 0 Å². The molecule has 0 aliphatic rings. The number of hydrogen-bond acceptors (Lipinski definition) is 4. The first-order valence-electron chi connectivity index (χ1n) is 7.45. The number of nitrogen functional groups attached to an aromatic ring is 1.